The van der Waals surface area contributed by atoms with Gasteiger partial charge in [0.25, 0.3) is 0 Å². The molecule has 0 aliphatic carbocycles. The first-order valence-corrected chi connectivity index (χ1v) is 10.7. The molecule has 2 aliphatic heterocycles. The maximum Gasteiger partial charge on any atom is 0.416 e. The average Bonchev–Trinajstić information content (AvgIpc) is 2.76. The van der Waals surface area contributed by atoms with E-state index in [4.69, 9.17) is 4.74 Å². The fraction of sp³-hybridized carbons (Fsp3) is 0.400. The van der Waals surface area contributed by atoms with E-state index in [2.05, 4.69) is 6.08 Å². The van der Waals surface area contributed by atoms with Crippen LogP contribution in [0.5, 0.6) is 0 Å². The molecule has 2 unspecified atom stereocenters. The summed E-state index contributed by atoms with van der Waals surface area (Å²) in [6.45, 7) is 0.252. The van der Waals surface area contributed by atoms with Crippen molar-refractivity contribution in [3.63, 3.8) is 0 Å². The van der Waals surface area contributed by atoms with Gasteiger partial charge in [0.15, 0.2) is 0 Å². The standard InChI is InChI=1S/C25H26F3NO2/c26-25(27,28)21-9-4-8-18(14-21)12-13-20-15-22-10-5-11-23(16-20)29(22)24(30)31-17-19-6-2-1-3-7-19/h1-4,6-9,14-15,22-23H,5,10-13,16-17H2. The van der Waals surface area contributed by atoms with Crippen LogP contribution in [0.25, 0.3) is 0 Å². The van der Waals surface area contributed by atoms with E-state index in [1.807, 2.05) is 35.2 Å². The van der Waals surface area contributed by atoms with Gasteiger partial charge >= 0.3 is 12.3 Å². The van der Waals surface area contributed by atoms with E-state index < -0.39 is 11.7 Å². The monoisotopic (exact) mass is 429 g/mol. The third-order valence-electron chi connectivity index (χ3n) is 6.12. The van der Waals surface area contributed by atoms with Gasteiger partial charge in [-0.25, -0.2) is 4.79 Å². The van der Waals surface area contributed by atoms with Gasteiger partial charge in [0, 0.05) is 6.04 Å². The van der Waals surface area contributed by atoms with Crippen molar-refractivity contribution in [2.24, 2.45) is 0 Å². The molecule has 2 atom stereocenters. The molecule has 2 heterocycles. The Hall–Kier alpha value is -2.76. The maximum atomic E-state index is 12.9. The molecule has 2 aliphatic rings. The van der Waals surface area contributed by atoms with Crippen LogP contribution in [0.15, 0.2) is 66.2 Å². The zero-order valence-electron chi connectivity index (χ0n) is 17.3. The van der Waals surface area contributed by atoms with Crippen LogP contribution in [0.4, 0.5) is 18.0 Å². The van der Waals surface area contributed by atoms with Crippen molar-refractivity contribution >= 4 is 6.09 Å². The van der Waals surface area contributed by atoms with Crippen molar-refractivity contribution in [3.05, 3.63) is 82.9 Å². The molecule has 1 amide bonds. The average molecular weight is 429 g/mol. The van der Waals surface area contributed by atoms with Crippen LogP contribution in [-0.4, -0.2) is 23.1 Å². The highest BCUT2D eigenvalue weighted by Crippen LogP contribution is 2.36. The molecule has 6 heteroatoms. The van der Waals surface area contributed by atoms with Gasteiger partial charge in [-0.05, 0) is 55.7 Å². The number of piperidine rings is 1. The third-order valence-corrected chi connectivity index (χ3v) is 6.12. The summed E-state index contributed by atoms with van der Waals surface area (Å²) in [6.07, 6.45) is 2.44. The Morgan fingerprint density at radius 3 is 2.52 bits per heavy atom. The predicted molar refractivity (Wildman–Crippen MR) is 112 cm³/mol. The molecule has 1 fully saturated rings. The molecular weight excluding hydrogens is 403 g/mol. The Kier molecular flexibility index (Phi) is 6.35. The number of ether oxygens (including phenoxy) is 1. The molecule has 0 spiro atoms. The lowest BCUT2D eigenvalue weighted by molar-refractivity contribution is -0.137. The highest BCUT2D eigenvalue weighted by atomic mass is 19.4. The number of alkyl halides is 3. The van der Waals surface area contributed by atoms with Gasteiger partial charge in [-0.2, -0.15) is 13.2 Å². The zero-order chi connectivity index (χ0) is 21.8. The second-order valence-corrected chi connectivity index (χ2v) is 8.33. The van der Waals surface area contributed by atoms with Crippen molar-refractivity contribution in [3.8, 4) is 0 Å². The summed E-state index contributed by atoms with van der Waals surface area (Å²) in [5, 5.41) is 0. The zero-order valence-corrected chi connectivity index (χ0v) is 17.3. The van der Waals surface area contributed by atoms with Crippen molar-refractivity contribution in [2.75, 3.05) is 0 Å². The smallest absolute Gasteiger partial charge is 0.416 e. The van der Waals surface area contributed by atoms with Gasteiger partial charge in [0.05, 0.1) is 11.6 Å². The van der Waals surface area contributed by atoms with Crippen LogP contribution in [0.3, 0.4) is 0 Å². The fourth-order valence-corrected chi connectivity index (χ4v) is 4.59. The molecule has 0 N–H and O–H groups in total. The van der Waals surface area contributed by atoms with Crippen molar-refractivity contribution in [1.82, 2.24) is 4.90 Å². The molecule has 2 bridgehead atoms. The number of aryl methyl sites for hydroxylation is 1. The Morgan fingerprint density at radius 1 is 1.00 bits per heavy atom. The lowest BCUT2D eigenvalue weighted by atomic mass is 9.83. The number of rotatable bonds is 5. The quantitative estimate of drug-likeness (QED) is 0.506. The SMILES string of the molecule is O=C(OCc1ccccc1)N1C2C=C(CCc3cccc(C(F)(F)F)c3)CC1CCC2. The summed E-state index contributed by atoms with van der Waals surface area (Å²) < 4.78 is 44.4. The molecule has 0 saturated carbocycles. The number of nitrogens with zero attached hydrogens (tertiary/aromatic N) is 1. The van der Waals surface area contributed by atoms with E-state index in [9.17, 15) is 18.0 Å². The summed E-state index contributed by atoms with van der Waals surface area (Å²) >= 11 is 0. The van der Waals surface area contributed by atoms with Crippen molar-refractivity contribution in [2.45, 2.75) is 63.4 Å². The Balaban J connectivity index is 1.38. The van der Waals surface area contributed by atoms with Crippen LogP contribution < -0.4 is 0 Å². The van der Waals surface area contributed by atoms with Crippen molar-refractivity contribution < 1.29 is 22.7 Å². The molecular formula is C25H26F3NO2. The molecule has 1 saturated heterocycles. The Morgan fingerprint density at radius 2 is 1.77 bits per heavy atom. The highest BCUT2D eigenvalue weighted by molar-refractivity contribution is 5.69. The minimum absolute atomic E-state index is 0.00674. The topological polar surface area (TPSA) is 29.5 Å². The number of hydrogen-bond acceptors (Lipinski definition) is 2. The molecule has 0 aromatic heterocycles. The maximum absolute atomic E-state index is 12.9. The lowest BCUT2D eigenvalue weighted by Crippen LogP contribution is -2.51. The molecule has 2 aromatic carbocycles. The van der Waals surface area contributed by atoms with E-state index in [0.717, 1.165) is 37.3 Å². The fourth-order valence-electron chi connectivity index (χ4n) is 4.59. The highest BCUT2D eigenvalue weighted by Gasteiger charge is 2.37. The van der Waals surface area contributed by atoms with Gasteiger partial charge in [0.2, 0.25) is 0 Å². The summed E-state index contributed by atoms with van der Waals surface area (Å²) in [5.41, 5.74) is 2.26. The molecule has 2 aromatic rings. The molecule has 0 radical (unpaired) electrons. The van der Waals surface area contributed by atoms with Crippen LogP contribution in [0, 0.1) is 0 Å². The number of carbonyl (C=O) groups excluding carboxylic acids is 1. The Labute approximate surface area is 180 Å². The minimum Gasteiger partial charge on any atom is -0.445 e. The second-order valence-electron chi connectivity index (χ2n) is 8.33. The lowest BCUT2D eigenvalue weighted by Gasteiger charge is -2.44. The van der Waals surface area contributed by atoms with Gasteiger partial charge in [-0.15, -0.1) is 0 Å². The summed E-state index contributed by atoms with van der Waals surface area (Å²) in [6, 6.07) is 15.3. The second kappa shape index (κ2) is 9.16. The minimum atomic E-state index is -4.32. The first-order chi connectivity index (χ1) is 14.9. The van der Waals surface area contributed by atoms with E-state index in [1.165, 1.54) is 17.7 Å². The predicted octanol–water partition coefficient (Wildman–Crippen LogP) is 6.53. The van der Waals surface area contributed by atoms with Crippen LogP contribution in [0.1, 0.15) is 48.8 Å². The van der Waals surface area contributed by atoms with E-state index in [-0.39, 0.29) is 24.8 Å². The number of carbonyl (C=O) groups is 1. The molecule has 31 heavy (non-hydrogen) atoms. The summed E-state index contributed by atoms with van der Waals surface area (Å²) in [4.78, 5) is 14.6. The van der Waals surface area contributed by atoms with Crippen LogP contribution in [0.2, 0.25) is 0 Å². The molecule has 164 valence electrons. The molecule has 4 rings (SSSR count). The summed E-state index contributed by atoms with van der Waals surface area (Å²) in [7, 11) is 0. The number of benzene rings is 2. The first kappa shape index (κ1) is 21.5. The van der Waals surface area contributed by atoms with Crippen molar-refractivity contribution in [1.29, 1.82) is 0 Å². The third kappa shape index (κ3) is 5.30. The molecule has 3 nitrogen and oxygen atoms in total. The van der Waals surface area contributed by atoms with Crippen LogP contribution >= 0.6 is 0 Å². The van der Waals surface area contributed by atoms with Gasteiger partial charge in [-0.1, -0.05) is 60.2 Å². The van der Waals surface area contributed by atoms with Gasteiger partial charge < -0.3 is 4.74 Å². The van der Waals surface area contributed by atoms with Gasteiger partial charge in [0.1, 0.15) is 6.61 Å². The van der Waals surface area contributed by atoms with Gasteiger partial charge in [-0.3, -0.25) is 4.90 Å². The number of hydrogen-bond donors (Lipinski definition) is 0. The number of amides is 1. The largest absolute Gasteiger partial charge is 0.445 e. The Bertz CT molecular complexity index is 939. The van der Waals surface area contributed by atoms with E-state index in [0.29, 0.717) is 18.4 Å². The number of halogens is 3. The summed E-state index contributed by atoms with van der Waals surface area (Å²) in [5.74, 6) is 0. The van der Waals surface area contributed by atoms with E-state index in [1.54, 1.807) is 6.07 Å². The first-order valence-electron chi connectivity index (χ1n) is 10.7. The number of fused-ring (bicyclic) bond motifs is 2. The van der Waals surface area contributed by atoms with E-state index >= 15 is 0 Å². The van der Waals surface area contributed by atoms with Crippen LogP contribution in [-0.2, 0) is 23.9 Å². The normalized spacial score (nSPS) is 20.9.